The Balaban J connectivity index is 0.992. The van der Waals surface area contributed by atoms with Crippen LogP contribution in [0.3, 0.4) is 0 Å². The molecular weight excluding hydrogens is 874 g/mol. The van der Waals surface area contributed by atoms with Crippen LogP contribution < -0.4 is 15.4 Å². The lowest BCUT2D eigenvalue weighted by Gasteiger charge is -2.33. The highest BCUT2D eigenvalue weighted by Gasteiger charge is 2.24. The van der Waals surface area contributed by atoms with Gasteiger partial charge in [0.1, 0.15) is 51.8 Å². The first kappa shape index (κ1) is 45.0. The molecule has 2 amide bonds. The Morgan fingerprint density at radius 2 is 1.56 bits per heavy atom. The number of rotatable bonds is 16. The zero-order valence-corrected chi connectivity index (χ0v) is 36.7. The van der Waals surface area contributed by atoms with E-state index in [2.05, 4.69) is 49.4 Å². The van der Waals surface area contributed by atoms with E-state index in [0.717, 1.165) is 58.6 Å². The predicted octanol–water partition coefficient (Wildman–Crippen LogP) is 9.36. The third kappa shape index (κ3) is 11.7. The molecule has 11 nitrogen and oxygen atoms in total. The summed E-state index contributed by atoms with van der Waals surface area (Å²) in [7, 11) is 0. The van der Waals surface area contributed by atoms with Crippen LogP contribution in [0.4, 0.5) is 4.39 Å². The van der Waals surface area contributed by atoms with Crippen LogP contribution in [0.15, 0.2) is 143 Å². The molecule has 13 heteroatoms. The fourth-order valence-corrected chi connectivity index (χ4v) is 7.80. The minimum Gasteiger partial charge on any atom is -0.492 e. The van der Waals surface area contributed by atoms with E-state index in [1.165, 1.54) is 18.2 Å². The molecule has 0 bridgehead atoms. The summed E-state index contributed by atoms with van der Waals surface area (Å²) in [6, 6.07) is 42.0. The number of nitrogens with zero attached hydrogens (tertiary/aromatic N) is 5. The van der Waals surface area contributed by atoms with E-state index in [4.69, 9.17) is 14.5 Å². The number of pyridine rings is 2. The number of aromatic nitrogens is 2. The van der Waals surface area contributed by atoms with Crippen molar-refractivity contribution in [2.24, 2.45) is 0 Å². The third-order valence-corrected chi connectivity index (χ3v) is 11.2. The summed E-state index contributed by atoms with van der Waals surface area (Å²) in [5.41, 5.74) is 4.24. The van der Waals surface area contributed by atoms with Gasteiger partial charge in [-0.1, -0.05) is 104 Å². The standard InChI is InChI=1S/C51H45BrFN7O4/c1-2-10-44(34-11-5-3-6-12-34)58-50(61)39(31-54)27-41-20-19-35-17-18-37(29-45(35)56-41)47-33-60(24-26-64-47)23-25-63-42-16-9-15-38(28-42)49(36-13-7-4-8-14-36)59-51(62)40(32-55)30-46-43(53)21-22-48(52)57-46/h3-9,11-22,27-30,44,47,49H,2,10,23-26,33H2,1H3,(H,58,61)(H,59,62)/b39-27+,40-30+/t44-,47?,49?/m0/s1. The summed E-state index contributed by atoms with van der Waals surface area (Å²) in [5.74, 6) is -1.18. The van der Waals surface area contributed by atoms with E-state index in [9.17, 15) is 24.5 Å². The summed E-state index contributed by atoms with van der Waals surface area (Å²) >= 11 is 3.21. The average molecular weight is 919 g/mol. The first-order chi connectivity index (χ1) is 31.2. The molecule has 1 aliphatic rings. The number of carbonyl (C=O) groups excluding carboxylic acids is 2. The van der Waals surface area contributed by atoms with Crippen molar-refractivity contribution in [2.45, 2.75) is 38.0 Å². The molecule has 1 saturated heterocycles. The number of ether oxygens (including phenoxy) is 2. The van der Waals surface area contributed by atoms with E-state index >= 15 is 0 Å². The zero-order chi connectivity index (χ0) is 44.8. The highest BCUT2D eigenvalue weighted by atomic mass is 79.9. The van der Waals surface area contributed by atoms with Crippen LogP contribution in [-0.4, -0.2) is 59.5 Å². The van der Waals surface area contributed by atoms with Crippen molar-refractivity contribution < 1.29 is 23.5 Å². The Labute approximate surface area is 380 Å². The molecule has 2 N–H and O–H groups in total. The minimum atomic E-state index is -0.682. The van der Waals surface area contributed by atoms with Crippen molar-refractivity contribution in [1.29, 1.82) is 10.5 Å². The predicted molar refractivity (Wildman–Crippen MR) is 247 cm³/mol. The van der Waals surface area contributed by atoms with Gasteiger partial charge in [0.05, 0.1) is 36.0 Å². The van der Waals surface area contributed by atoms with Gasteiger partial charge < -0.3 is 20.1 Å². The van der Waals surface area contributed by atoms with Gasteiger partial charge in [-0.15, -0.1) is 0 Å². The molecule has 2 unspecified atom stereocenters. The van der Waals surface area contributed by atoms with Gasteiger partial charge in [-0.3, -0.25) is 14.5 Å². The molecule has 6 aromatic rings. The number of benzene rings is 4. The number of halogens is 2. The molecule has 64 heavy (non-hydrogen) atoms. The second-order valence-electron chi connectivity index (χ2n) is 15.2. The van der Waals surface area contributed by atoms with Gasteiger partial charge in [0.15, 0.2) is 0 Å². The van der Waals surface area contributed by atoms with Gasteiger partial charge in [0.25, 0.3) is 11.8 Å². The van der Waals surface area contributed by atoms with Crippen molar-refractivity contribution in [1.82, 2.24) is 25.5 Å². The van der Waals surface area contributed by atoms with Gasteiger partial charge in [-0.05, 0) is 93.2 Å². The van der Waals surface area contributed by atoms with Crippen LogP contribution in [0.25, 0.3) is 23.1 Å². The molecular formula is C51H45BrFN7O4. The highest BCUT2D eigenvalue weighted by molar-refractivity contribution is 9.10. The van der Waals surface area contributed by atoms with Crippen molar-refractivity contribution in [3.63, 3.8) is 0 Å². The molecule has 1 fully saturated rings. The van der Waals surface area contributed by atoms with Crippen LogP contribution in [0.2, 0.25) is 0 Å². The Bertz CT molecular complexity index is 2750. The molecule has 3 heterocycles. The van der Waals surface area contributed by atoms with Crippen molar-refractivity contribution in [3.8, 4) is 17.9 Å². The largest absolute Gasteiger partial charge is 0.492 e. The number of nitrogens with one attached hydrogen (secondary N) is 2. The topological polar surface area (TPSA) is 153 Å². The van der Waals surface area contributed by atoms with E-state index in [-0.39, 0.29) is 29.0 Å². The first-order valence-corrected chi connectivity index (χ1v) is 21.7. The van der Waals surface area contributed by atoms with E-state index < -0.39 is 23.7 Å². The van der Waals surface area contributed by atoms with Gasteiger partial charge >= 0.3 is 0 Å². The van der Waals surface area contributed by atoms with E-state index in [1.54, 1.807) is 6.07 Å². The molecule has 322 valence electrons. The summed E-state index contributed by atoms with van der Waals surface area (Å²) in [4.78, 5) is 37.9. The third-order valence-electron chi connectivity index (χ3n) is 10.8. The maximum Gasteiger partial charge on any atom is 0.262 e. The van der Waals surface area contributed by atoms with Gasteiger partial charge in [0, 0.05) is 25.0 Å². The lowest BCUT2D eigenvalue weighted by molar-refractivity contribution is -0.118. The lowest BCUT2D eigenvalue weighted by Crippen LogP contribution is -2.40. The van der Waals surface area contributed by atoms with Crippen molar-refractivity contribution in [3.05, 3.63) is 183 Å². The Morgan fingerprint density at radius 1 is 0.859 bits per heavy atom. The first-order valence-electron chi connectivity index (χ1n) is 21.0. The Hall–Kier alpha value is -7.03. The molecule has 0 radical (unpaired) electrons. The fraction of sp³-hybridized carbons (Fsp3) is 0.216. The van der Waals surface area contributed by atoms with Gasteiger partial charge in [0.2, 0.25) is 0 Å². The van der Waals surface area contributed by atoms with E-state index in [1.807, 2.05) is 115 Å². The van der Waals surface area contributed by atoms with Gasteiger partial charge in [-0.2, -0.15) is 10.5 Å². The van der Waals surface area contributed by atoms with Crippen LogP contribution in [0.1, 0.15) is 71.6 Å². The summed E-state index contributed by atoms with van der Waals surface area (Å²) in [6.07, 6.45) is 4.06. The van der Waals surface area contributed by atoms with Crippen LogP contribution in [-0.2, 0) is 14.3 Å². The number of nitriles is 2. The maximum absolute atomic E-state index is 14.5. The quantitative estimate of drug-likeness (QED) is 0.0550. The Morgan fingerprint density at radius 3 is 2.31 bits per heavy atom. The maximum atomic E-state index is 14.5. The monoisotopic (exact) mass is 917 g/mol. The molecule has 4 aromatic carbocycles. The number of morpholine rings is 1. The molecule has 0 saturated carbocycles. The normalized spacial score (nSPS) is 15.4. The molecule has 7 rings (SSSR count). The lowest BCUT2D eigenvalue weighted by atomic mass is 9.98. The van der Waals surface area contributed by atoms with Crippen molar-refractivity contribution in [2.75, 3.05) is 32.8 Å². The average Bonchev–Trinajstić information content (AvgIpc) is 3.33. The smallest absolute Gasteiger partial charge is 0.262 e. The SMILES string of the molecule is CCC[C@H](NC(=O)/C(C#N)=C/c1ccc2ccc(C3CN(CCOc4cccc(C(NC(=O)/C(C#N)=C/c5nc(Br)ccc5F)c5ccccc5)c4)CCO3)cc2n1)c1ccccc1. The molecule has 0 aliphatic carbocycles. The number of hydrogen-bond donors (Lipinski definition) is 2. The highest BCUT2D eigenvalue weighted by Crippen LogP contribution is 2.28. The molecule has 3 atom stereocenters. The van der Waals surface area contributed by atoms with Crippen LogP contribution in [0.5, 0.6) is 5.75 Å². The summed E-state index contributed by atoms with van der Waals surface area (Å²) < 4.78 is 27.3. The Kier molecular flexibility index (Phi) is 15.4. The van der Waals surface area contributed by atoms with E-state index in [0.29, 0.717) is 42.3 Å². The second kappa shape index (κ2) is 21.9. The van der Waals surface area contributed by atoms with Crippen LogP contribution >= 0.6 is 15.9 Å². The summed E-state index contributed by atoms with van der Waals surface area (Å²) in [6.45, 7) is 4.95. The molecule has 1 aliphatic heterocycles. The zero-order valence-electron chi connectivity index (χ0n) is 35.1. The minimum absolute atomic E-state index is 0.0188. The second-order valence-corrected chi connectivity index (χ2v) is 16.0. The number of amides is 2. The molecule has 2 aromatic heterocycles. The van der Waals surface area contributed by atoms with Crippen molar-refractivity contribution >= 4 is 50.8 Å². The number of carbonyl (C=O) groups is 2. The number of hydrogen-bond acceptors (Lipinski definition) is 9. The fourth-order valence-electron chi connectivity index (χ4n) is 7.48. The van der Waals surface area contributed by atoms with Crippen LogP contribution in [0, 0.1) is 28.5 Å². The molecule has 0 spiro atoms. The number of fused-ring (bicyclic) bond motifs is 1. The van der Waals surface area contributed by atoms with Gasteiger partial charge in [-0.25, -0.2) is 14.4 Å². The summed E-state index contributed by atoms with van der Waals surface area (Å²) in [5, 5.41) is 26.7.